The molecule has 1 heterocycles. The third-order valence-corrected chi connectivity index (χ3v) is 2.70. The van der Waals surface area contributed by atoms with E-state index in [-0.39, 0.29) is 17.4 Å². The van der Waals surface area contributed by atoms with Gasteiger partial charge in [0, 0.05) is 11.8 Å². The van der Waals surface area contributed by atoms with E-state index in [4.69, 9.17) is 11.6 Å². The van der Waals surface area contributed by atoms with Crippen LogP contribution >= 0.6 is 11.6 Å². The Kier molecular flexibility index (Phi) is 3.24. The SMILES string of the molecule is CC(=O)c1cnn(Cc2cccc(Cl)c2F)c1. The average Bonchev–Trinajstić information content (AvgIpc) is 2.73. The maximum absolute atomic E-state index is 13.6. The Labute approximate surface area is 103 Å². The Hall–Kier alpha value is -1.68. The zero-order valence-corrected chi connectivity index (χ0v) is 9.91. The van der Waals surface area contributed by atoms with Crippen LogP contribution in [0, 0.1) is 5.82 Å². The van der Waals surface area contributed by atoms with E-state index in [0.717, 1.165) is 0 Å². The molecule has 0 amide bonds. The monoisotopic (exact) mass is 252 g/mol. The van der Waals surface area contributed by atoms with Gasteiger partial charge in [0.25, 0.3) is 0 Å². The smallest absolute Gasteiger partial charge is 0.162 e. The Morgan fingerprint density at radius 3 is 2.94 bits per heavy atom. The van der Waals surface area contributed by atoms with Gasteiger partial charge in [-0.15, -0.1) is 0 Å². The summed E-state index contributed by atoms with van der Waals surface area (Å²) in [5.74, 6) is -0.517. The molecule has 1 aromatic carbocycles. The van der Waals surface area contributed by atoms with Crippen molar-refractivity contribution in [1.82, 2.24) is 9.78 Å². The summed E-state index contributed by atoms with van der Waals surface area (Å²) < 4.78 is 15.1. The number of aromatic nitrogens is 2. The van der Waals surface area contributed by atoms with Crippen molar-refractivity contribution in [3.05, 3.63) is 52.6 Å². The number of hydrogen-bond acceptors (Lipinski definition) is 2. The molecule has 0 fully saturated rings. The van der Waals surface area contributed by atoms with E-state index in [0.29, 0.717) is 11.1 Å². The standard InChI is InChI=1S/C12H10ClFN2O/c1-8(17)10-5-15-16(7-10)6-9-3-2-4-11(13)12(9)14/h2-5,7H,6H2,1H3. The summed E-state index contributed by atoms with van der Waals surface area (Å²) in [5, 5.41) is 4.07. The molecule has 0 aliphatic carbocycles. The van der Waals surface area contributed by atoms with E-state index in [1.807, 2.05) is 0 Å². The van der Waals surface area contributed by atoms with Gasteiger partial charge in [-0.25, -0.2) is 4.39 Å². The average molecular weight is 253 g/mol. The molecule has 0 N–H and O–H groups in total. The number of ketones is 1. The predicted octanol–water partition coefficient (Wildman–Crippen LogP) is 2.93. The first kappa shape index (κ1) is 11.8. The number of benzene rings is 1. The fourth-order valence-electron chi connectivity index (χ4n) is 1.48. The van der Waals surface area contributed by atoms with Gasteiger partial charge in [0.05, 0.1) is 23.3 Å². The van der Waals surface area contributed by atoms with Crippen LogP contribution in [0.1, 0.15) is 22.8 Å². The highest BCUT2D eigenvalue weighted by Crippen LogP contribution is 2.18. The largest absolute Gasteiger partial charge is 0.294 e. The summed E-state index contributed by atoms with van der Waals surface area (Å²) in [5.41, 5.74) is 0.947. The molecule has 0 saturated heterocycles. The second kappa shape index (κ2) is 4.67. The number of Topliss-reactive ketones (excluding diaryl/α,β-unsaturated/α-hetero) is 1. The molecule has 1 aromatic heterocycles. The molecule has 2 rings (SSSR count). The summed E-state index contributed by atoms with van der Waals surface area (Å²) in [4.78, 5) is 11.1. The van der Waals surface area contributed by atoms with Gasteiger partial charge in [-0.2, -0.15) is 5.10 Å². The van der Waals surface area contributed by atoms with E-state index in [1.165, 1.54) is 23.9 Å². The van der Waals surface area contributed by atoms with Crippen molar-refractivity contribution in [3.8, 4) is 0 Å². The second-order valence-electron chi connectivity index (χ2n) is 3.70. The van der Waals surface area contributed by atoms with E-state index < -0.39 is 5.82 Å². The van der Waals surface area contributed by atoms with E-state index in [2.05, 4.69) is 5.10 Å². The third-order valence-electron chi connectivity index (χ3n) is 2.40. The van der Waals surface area contributed by atoms with Crippen LogP contribution in [0.3, 0.4) is 0 Å². The topological polar surface area (TPSA) is 34.9 Å². The Bertz CT molecular complexity index is 565. The second-order valence-corrected chi connectivity index (χ2v) is 4.10. The normalized spacial score (nSPS) is 10.5. The number of nitrogens with zero attached hydrogens (tertiary/aromatic N) is 2. The summed E-state index contributed by atoms with van der Waals surface area (Å²) in [7, 11) is 0. The van der Waals surface area contributed by atoms with Crippen molar-refractivity contribution in [1.29, 1.82) is 0 Å². The Morgan fingerprint density at radius 2 is 2.29 bits per heavy atom. The molecule has 2 aromatic rings. The fourth-order valence-corrected chi connectivity index (χ4v) is 1.67. The van der Waals surface area contributed by atoms with Gasteiger partial charge < -0.3 is 0 Å². The Morgan fingerprint density at radius 1 is 1.53 bits per heavy atom. The molecule has 0 aliphatic rings. The quantitative estimate of drug-likeness (QED) is 0.788. The first-order valence-corrected chi connectivity index (χ1v) is 5.42. The summed E-state index contributed by atoms with van der Waals surface area (Å²) in [6, 6.07) is 4.80. The number of hydrogen-bond donors (Lipinski definition) is 0. The lowest BCUT2D eigenvalue weighted by molar-refractivity contribution is 0.101. The zero-order valence-electron chi connectivity index (χ0n) is 9.15. The fraction of sp³-hybridized carbons (Fsp3) is 0.167. The number of carbonyl (C=O) groups is 1. The highest BCUT2D eigenvalue weighted by atomic mass is 35.5. The van der Waals surface area contributed by atoms with Crippen LogP contribution < -0.4 is 0 Å². The van der Waals surface area contributed by atoms with Crippen LogP contribution in [0.4, 0.5) is 4.39 Å². The van der Waals surface area contributed by atoms with Crippen molar-refractivity contribution >= 4 is 17.4 Å². The number of halogens is 2. The van der Waals surface area contributed by atoms with Gasteiger partial charge in [-0.05, 0) is 13.0 Å². The van der Waals surface area contributed by atoms with Crippen molar-refractivity contribution in [3.63, 3.8) is 0 Å². The molecule has 0 aliphatic heterocycles. The third kappa shape index (κ3) is 2.53. The highest BCUT2D eigenvalue weighted by molar-refractivity contribution is 6.30. The van der Waals surface area contributed by atoms with Crippen LogP contribution in [0.2, 0.25) is 5.02 Å². The van der Waals surface area contributed by atoms with Gasteiger partial charge >= 0.3 is 0 Å². The van der Waals surface area contributed by atoms with Gasteiger partial charge in [0.1, 0.15) is 5.82 Å². The van der Waals surface area contributed by atoms with Gasteiger partial charge in [0.2, 0.25) is 0 Å². The predicted molar refractivity (Wildman–Crippen MR) is 62.7 cm³/mol. The maximum Gasteiger partial charge on any atom is 0.162 e. The van der Waals surface area contributed by atoms with E-state index >= 15 is 0 Å². The molecule has 3 nitrogen and oxygen atoms in total. The molecule has 17 heavy (non-hydrogen) atoms. The maximum atomic E-state index is 13.6. The molecule has 0 saturated carbocycles. The minimum absolute atomic E-state index is 0.0668. The zero-order chi connectivity index (χ0) is 12.4. The van der Waals surface area contributed by atoms with Crippen LogP contribution in [0.5, 0.6) is 0 Å². The van der Waals surface area contributed by atoms with Crippen LogP contribution in [-0.4, -0.2) is 15.6 Å². The van der Waals surface area contributed by atoms with Gasteiger partial charge in [0.15, 0.2) is 5.78 Å². The molecule has 0 bridgehead atoms. The summed E-state index contributed by atoms with van der Waals surface area (Å²) in [6.07, 6.45) is 3.05. The van der Waals surface area contributed by atoms with Crippen molar-refractivity contribution < 1.29 is 9.18 Å². The molecule has 0 unspecified atom stereocenters. The lowest BCUT2D eigenvalue weighted by Crippen LogP contribution is -2.02. The van der Waals surface area contributed by atoms with Gasteiger partial charge in [-0.1, -0.05) is 23.7 Å². The highest BCUT2D eigenvalue weighted by Gasteiger charge is 2.08. The first-order valence-electron chi connectivity index (χ1n) is 5.04. The van der Waals surface area contributed by atoms with E-state index in [9.17, 15) is 9.18 Å². The minimum atomic E-state index is -0.450. The van der Waals surface area contributed by atoms with Gasteiger partial charge in [-0.3, -0.25) is 9.48 Å². The molecule has 5 heteroatoms. The molecule has 0 radical (unpaired) electrons. The minimum Gasteiger partial charge on any atom is -0.294 e. The Balaban J connectivity index is 2.25. The number of carbonyl (C=O) groups excluding carboxylic acids is 1. The summed E-state index contributed by atoms with van der Waals surface area (Å²) >= 11 is 5.68. The molecular weight excluding hydrogens is 243 g/mol. The molecule has 0 atom stereocenters. The molecule has 0 spiro atoms. The van der Waals surface area contributed by atoms with Crippen molar-refractivity contribution in [2.45, 2.75) is 13.5 Å². The van der Waals surface area contributed by atoms with Crippen LogP contribution in [0.25, 0.3) is 0 Å². The first-order chi connectivity index (χ1) is 8.08. The molecular formula is C12H10ClFN2O. The van der Waals surface area contributed by atoms with Crippen molar-refractivity contribution in [2.24, 2.45) is 0 Å². The van der Waals surface area contributed by atoms with Crippen molar-refractivity contribution in [2.75, 3.05) is 0 Å². The summed E-state index contributed by atoms with van der Waals surface area (Å²) in [6.45, 7) is 1.71. The number of rotatable bonds is 3. The molecule has 88 valence electrons. The van der Waals surface area contributed by atoms with Crippen LogP contribution in [-0.2, 0) is 6.54 Å². The lowest BCUT2D eigenvalue weighted by atomic mass is 10.2. The van der Waals surface area contributed by atoms with Crippen LogP contribution in [0.15, 0.2) is 30.6 Å². The van der Waals surface area contributed by atoms with E-state index in [1.54, 1.807) is 18.3 Å². The lowest BCUT2D eigenvalue weighted by Gasteiger charge is -2.04.